The molecule has 0 radical (unpaired) electrons. The van der Waals surface area contributed by atoms with Gasteiger partial charge in [-0.2, -0.15) is 12.1 Å². The van der Waals surface area contributed by atoms with Gasteiger partial charge in [0, 0.05) is 0 Å². The van der Waals surface area contributed by atoms with Crippen LogP contribution in [0.3, 0.4) is 0 Å². The zero-order valence-corrected chi connectivity index (χ0v) is 31.0. The van der Waals surface area contributed by atoms with Crippen molar-refractivity contribution in [3.05, 3.63) is 168 Å². The van der Waals surface area contributed by atoms with E-state index in [1.54, 1.807) is 23.3 Å². The molecule has 0 nitrogen and oxygen atoms in total. The van der Waals surface area contributed by atoms with Crippen LogP contribution in [-0.4, -0.2) is 5.43 Å². The Hall–Kier alpha value is -2.74. The van der Waals surface area contributed by atoms with Crippen LogP contribution in [0.5, 0.6) is 0 Å². The number of aryl methyl sites for hydroxylation is 4. The molecular weight excluding hydrogens is 671 g/mol. The van der Waals surface area contributed by atoms with E-state index in [9.17, 15) is 0 Å². The minimum atomic E-state index is -0.455. The van der Waals surface area contributed by atoms with E-state index in [1.807, 2.05) is 0 Å². The average Bonchev–Trinajstić information content (AvgIpc) is 3.70. The zero-order valence-electron chi connectivity index (χ0n) is 26.0. The van der Waals surface area contributed by atoms with Crippen molar-refractivity contribution in [1.82, 2.24) is 0 Å². The molecule has 0 fully saturated rings. The van der Waals surface area contributed by atoms with Crippen molar-refractivity contribution in [3.8, 4) is 22.3 Å². The van der Waals surface area contributed by atoms with Gasteiger partial charge < -0.3 is 24.8 Å². The summed E-state index contributed by atoms with van der Waals surface area (Å²) in [5, 5.41) is 3.03. The molecule has 0 unspecified atom stereocenters. The Kier molecular flexibility index (Phi) is 16.7. The molecule has 0 atom stereocenters. The Balaban J connectivity index is 0.000000225. The number of benzene rings is 4. The Morgan fingerprint density at radius 2 is 0.886 bits per heavy atom. The molecular formula is C40H40Cl2SiZr-2. The minimum absolute atomic E-state index is 0. The van der Waals surface area contributed by atoms with E-state index < -0.39 is 5.43 Å². The molecule has 0 bridgehead atoms. The van der Waals surface area contributed by atoms with Crippen LogP contribution in [-0.2, 0) is 36.2 Å². The first-order valence-electron chi connectivity index (χ1n) is 14.8. The Labute approximate surface area is 292 Å². The van der Waals surface area contributed by atoms with Gasteiger partial charge in [-0.3, -0.25) is 0 Å². The van der Waals surface area contributed by atoms with Crippen LogP contribution in [0.25, 0.3) is 22.3 Å². The van der Waals surface area contributed by atoms with Crippen LogP contribution in [0.1, 0.15) is 36.1 Å². The second-order valence-corrected chi connectivity index (χ2v) is 16.1. The third-order valence-corrected chi connectivity index (χ3v) is 13.6. The third kappa shape index (κ3) is 10.7. The molecule has 0 aromatic heterocycles. The second kappa shape index (κ2) is 19.6. The molecule has 0 aliphatic carbocycles. The zero-order chi connectivity index (χ0) is 29.7. The summed E-state index contributed by atoms with van der Waals surface area (Å²) in [6.07, 6.45) is 2.21. The van der Waals surface area contributed by atoms with Crippen molar-refractivity contribution in [2.24, 2.45) is 0 Å². The summed E-state index contributed by atoms with van der Waals surface area (Å²) in [5.74, 6) is 0. The number of hydrogen-bond acceptors (Lipinski definition) is 0. The molecule has 0 amide bonds. The number of halogens is 2. The molecule has 6 aromatic carbocycles. The Morgan fingerprint density at radius 1 is 0.500 bits per heavy atom. The third-order valence-electron chi connectivity index (χ3n) is 7.49. The molecule has 0 aliphatic rings. The van der Waals surface area contributed by atoms with Crippen molar-refractivity contribution in [3.63, 3.8) is 0 Å². The molecule has 224 valence electrons. The van der Waals surface area contributed by atoms with Crippen molar-refractivity contribution < 1.29 is 48.1 Å². The predicted octanol–water partition coefficient (Wildman–Crippen LogP) is 3.23. The van der Waals surface area contributed by atoms with Gasteiger partial charge in [-0.05, 0) is 12.8 Å². The fourth-order valence-electron chi connectivity index (χ4n) is 4.96. The molecule has 6 aromatic rings. The van der Waals surface area contributed by atoms with Gasteiger partial charge >= 0.3 is 99.8 Å². The van der Waals surface area contributed by atoms with Crippen LogP contribution in [0, 0.1) is 13.8 Å². The molecule has 6 rings (SSSR count). The Morgan fingerprint density at radius 3 is 1.20 bits per heavy atom. The summed E-state index contributed by atoms with van der Waals surface area (Å²) >= 11 is 1.64. The maximum atomic E-state index is 2.28. The average molecular weight is 711 g/mol. The van der Waals surface area contributed by atoms with E-state index in [1.165, 1.54) is 54.9 Å². The normalized spacial score (nSPS) is 9.77. The summed E-state index contributed by atoms with van der Waals surface area (Å²) in [4.78, 5) is 0. The molecule has 0 saturated heterocycles. The van der Waals surface area contributed by atoms with Gasteiger partial charge in [-0.25, -0.2) is 0 Å². The van der Waals surface area contributed by atoms with E-state index in [0.29, 0.717) is 0 Å². The first kappa shape index (κ1) is 37.4. The number of hydrogen-bond donors (Lipinski definition) is 0. The predicted molar refractivity (Wildman–Crippen MR) is 181 cm³/mol. The number of rotatable bonds is 6. The van der Waals surface area contributed by atoms with Crippen molar-refractivity contribution in [2.75, 3.05) is 0 Å². The van der Waals surface area contributed by atoms with Crippen LogP contribution in [0.15, 0.2) is 146 Å². The van der Waals surface area contributed by atoms with Crippen molar-refractivity contribution in [1.29, 1.82) is 0 Å². The van der Waals surface area contributed by atoms with Crippen molar-refractivity contribution in [2.45, 2.75) is 40.5 Å². The van der Waals surface area contributed by atoms with Crippen LogP contribution < -0.4 is 35.2 Å². The summed E-state index contributed by atoms with van der Waals surface area (Å²) in [6, 6.07) is 52.2. The van der Waals surface area contributed by atoms with Crippen LogP contribution in [0.2, 0.25) is 0 Å². The topological polar surface area (TPSA) is 0 Å². The fraction of sp³-hybridized carbons (Fsp3) is 0.150. The molecule has 0 N–H and O–H groups in total. The van der Waals surface area contributed by atoms with E-state index in [-0.39, 0.29) is 24.8 Å². The molecule has 0 aliphatic heterocycles. The molecule has 0 spiro atoms. The standard InChI is InChI=1S/2C14H15.C12H10Si.2ClH.Zr/c2*1-3-12-7-5-8-13(10-12)14-9-4-6-11(14)2;1-3-7-11(8-4-1)13-12-9-5-2-6-10-12;;;/h2*4-10H,3H2,1-2H3;1-10H;2*1H;/q2*-1;;;;+2/p-2. The monoisotopic (exact) mass is 708 g/mol. The molecule has 0 heterocycles. The Bertz CT molecular complexity index is 1560. The fourth-order valence-corrected chi connectivity index (χ4v) is 8.80. The van der Waals surface area contributed by atoms with Crippen LogP contribution in [0.4, 0.5) is 0 Å². The van der Waals surface area contributed by atoms with Gasteiger partial charge in [0.05, 0.1) is 0 Å². The second-order valence-electron chi connectivity index (χ2n) is 10.5. The van der Waals surface area contributed by atoms with Gasteiger partial charge in [0.1, 0.15) is 0 Å². The van der Waals surface area contributed by atoms with Gasteiger partial charge in [-0.15, -0.1) is 70.8 Å². The molecule has 0 saturated carbocycles. The van der Waals surface area contributed by atoms with E-state index in [2.05, 4.69) is 173 Å². The summed E-state index contributed by atoms with van der Waals surface area (Å²) in [5.41, 5.74) is 10.5. The SMILES string of the molecule is CCc1cccc(-[c-]2cccc2C)c1.CCc1cccc(-[c-]2cccc2C)c1.[Cl-].[Cl-].[Zr+2]=[Si](c1ccccc1)c1ccccc1. The summed E-state index contributed by atoms with van der Waals surface area (Å²) in [6.45, 7) is 8.70. The van der Waals surface area contributed by atoms with Crippen molar-refractivity contribution >= 4 is 15.8 Å². The summed E-state index contributed by atoms with van der Waals surface area (Å²) in [7, 11) is 0. The van der Waals surface area contributed by atoms with Gasteiger partial charge in [-0.1, -0.05) is 74.2 Å². The maximum absolute atomic E-state index is 2.28. The van der Waals surface area contributed by atoms with E-state index in [0.717, 1.165) is 12.8 Å². The first-order chi connectivity index (χ1) is 20.5. The van der Waals surface area contributed by atoms with Gasteiger partial charge in [0.15, 0.2) is 0 Å². The first-order valence-corrected chi connectivity index (χ1v) is 20.0. The molecule has 4 heteroatoms. The molecule has 44 heavy (non-hydrogen) atoms. The van der Waals surface area contributed by atoms with Crippen LogP contribution >= 0.6 is 0 Å². The van der Waals surface area contributed by atoms with Gasteiger partial charge in [0.2, 0.25) is 0 Å². The van der Waals surface area contributed by atoms with E-state index in [4.69, 9.17) is 0 Å². The van der Waals surface area contributed by atoms with Gasteiger partial charge in [0.25, 0.3) is 0 Å². The quantitative estimate of drug-likeness (QED) is 0.184. The van der Waals surface area contributed by atoms with E-state index >= 15 is 0 Å². The summed E-state index contributed by atoms with van der Waals surface area (Å²) < 4.78 is 0.